The standard InChI is InChI=1S/C16H19BO/c1-13-7-4-5-8-14(13)12-18-16-10-6-9-15(11-16)17(2)3/h4-11H,12H2,1-3H3. The maximum absolute atomic E-state index is 5.86. The van der Waals surface area contributed by atoms with E-state index in [1.165, 1.54) is 16.6 Å². The fraction of sp³-hybridized carbons (Fsp3) is 0.250. The normalized spacial score (nSPS) is 10.2. The average molecular weight is 238 g/mol. The Bertz CT molecular complexity index is 520. The molecule has 0 amide bonds. The number of hydrogen-bond acceptors (Lipinski definition) is 1. The summed E-state index contributed by atoms with van der Waals surface area (Å²) < 4.78 is 5.86. The van der Waals surface area contributed by atoms with E-state index in [2.05, 4.69) is 63.0 Å². The van der Waals surface area contributed by atoms with Crippen molar-refractivity contribution < 1.29 is 4.74 Å². The molecule has 0 aromatic heterocycles. The summed E-state index contributed by atoms with van der Waals surface area (Å²) in [5, 5.41) is 0. The topological polar surface area (TPSA) is 9.23 Å². The van der Waals surface area contributed by atoms with Crippen LogP contribution in [0.25, 0.3) is 0 Å². The van der Waals surface area contributed by atoms with Gasteiger partial charge in [-0.05, 0) is 30.2 Å². The van der Waals surface area contributed by atoms with Gasteiger partial charge in [-0.15, -0.1) is 0 Å². The van der Waals surface area contributed by atoms with Crippen molar-refractivity contribution in [3.63, 3.8) is 0 Å². The second-order valence-corrected chi connectivity index (χ2v) is 4.94. The maximum Gasteiger partial charge on any atom is 0.169 e. The van der Waals surface area contributed by atoms with Crippen LogP contribution in [-0.2, 0) is 6.61 Å². The van der Waals surface area contributed by atoms with Crippen LogP contribution >= 0.6 is 0 Å². The van der Waals surface area contributed by atoms with Gasteiger partial charge in [0.25, 0.3) is 0 Å². The average Bonchev–Trinajstić information content (AvgIpc) is 2.38. The lowest BCUT2D eigenvalue weighted by atomic mass is 9.49. The van der Waals surface area contributed by atoms with Crippen molar-refractivity contribution in [3.05, 3.63) is 59.7 Å². The zero-order valence-electron chi connectivity index (χ0n) is 11.3. The van der Waals surface area contributed by atoms with Crippen LogP contribution in [0.3, 0.4) is 0 Å². The molecule has 0 aliphatic heterocycles. The first-order valence-electron chi connectivity index (χ1n) is 6.44. The van der Waals surface area contributed by atoms with Crippen molar-refractivity contribution in [1.29, 1.82) is 0 Å². The Kier molecular flexibility index (Phi) is 4.09. The van der Waals surface area contributed by atoms with Crippen molar-refractivity contribution >= 4 is 12.2 Å². The molecule has 2 rings (SSSR count). The number of rotatable bonds is 4. The Hall–Kier alpha value is -1.70. The van der Waals surface area contributed by atoms with Crippen LogP contribution in [0.2, 0.25) is 13.6 Å². The summed E-state index contributed by atoms with van der Waals surface area (Å²) >= 11 is 0. The lowest BCUT2D eigenvalue weighted by Crippen LogP contribution is -2.22. The highest BCUT2D eigenvalue weighted by Gasteiger charge is 2.04. The summed E-state index contributed by atoms with van der Waals surface area (Å²) in [5.74, 6) is 0.949. The zero-order chi connectivity index (χ0) is 13.0. The molecule has 0 radical (unpaired) electrons. The number of benzene rings is 2. The molecule has 2 heteroatoms. The Balaban J connectivity index is 2.07. The van der Waals surface area contributed by atoms with Gasteiger partial charge < -0.3 is 4.74 Å². The Morgan fingerprint density at radius 2 is 1.78 bits per heavy atom. The number of hydrogen-bond donors (Lipinski definition) is 0. The SMILES string of the molecule is CB(C)c1cccc(OCc2ccccc2C)c1. The van der Waals surface area contributed by atoms with Gasteiger partial charge in [0.1, 0.15) is 12.4 Å². The predicted octanol–water partition coefficient (Wildman–Crippen LogP) is 3.54. The molecule has 0 spiro atoms. The summed E-state index contributed by atoms with van der Waals surface area (Å²) in [6.07, 6.45) is 0. The molecule has 0 atom stereocenters. The minimum Gasteiger partial charge on any atom is -0.489 e. The minimum absolute atomic E-state index is 0.534. The van der Waals surface area contributed by atoms with Crippen LogP contribution < -0.4 is 10.2 Å². The van der Waals surface area contributed by atoms with Crippen molar-refractivity contribution in [2.75, 3.05) is 0 Å². The lowest BCUT2D eigenvalue weighted by Gasteiger charge is -2.10. The molecular formula is C16H19BO. The van der Waals surface area contributed by atoms with Crippen LogP contribution in [0, 0.1) is 6.92 Å². The molecule has 2 aromatic rings. The Morgan fingerprint density at radius 3 is 2.50 bits per heavy atom. The highest BCUT2D eigenvalue weighted by atomic mass is 16.5. The van der Waals surface area contributed by atoms with Gasteiger partial charge in [0.05, 0.1) is 0 Å². The summed E-state index contributed by atoms with van der Waals surface area (Å²) in [5.41, 5.74) is 3.84. The van der Waals surface area contributed by atoms with Gasteiger partial charge in [0.2, 0.25) is 0 Å². The third kappa shape index (κ3) is 3.16. The fourth-order valence-corrected chi connectivity index (χ4v) is 1.90. The van der Waals surface area contributed by atoms with Crippen LogP contribution in [0.1, 0.15) is 11.1 Å². The molecule has 0 aliphatic carbocycles. The van der Waals surface area contributed by atoms with Crippen LogP contribution in [0.4, 0.5) is 0 Å². The minimum atomic E-state index is 0.534. The third-order valence-corrected chi connectivity index (χ3v) is 3.18. The van der Waals surface area contributed by atoms with E-state index in [4.69, 9.17) is 4.74 Å². The highest BCUT2D eigenvalue weighted by molar-refractivity contribution is 6.70. The van der Waals surface area contributed by atoms with E-state index in [1.807, 2.05) is 6.07 Å². The van der Waals surface area contributed by atoms with Crippen molar-refractivity contribution in [3.8, 4) is 5.75 Å². The van der Waals surface area contributed by atoms with Gasteiger partial charge in [0, 0.05) is 0 Å². The van der Waals surface area contributed by atoms with E-state index in [0.29, 0.717) is 13.3 Å². The fourth-order valence-electron chi connectivity index (χ4n) is 1.90. The molecule has 0 N–H and O–H groups in total. The molecule has 2 aromatic carbocycles. The molecule has 0 saturated carbocycles. The van der Waals surface area contributed by atoms with E-state index in [-0.39, 0.29) is 0 Å². The van der Waals surface area contributed by atoms with Crippen LogP contribution in [-0.4, -0.2) is 6.71 Å². The molecular weight excluding hydrogens is 219 g/mol. The molecule has 0 aliphatic rings. The zero-order valence-corrected chi connectivity index (χ0v) is 11.3. The van der Waals surface area contributed by atoms with E-state index >= 15 is 0 Å². The van der Waals surface area contributed by atoms with E-state index in [0.717, 1.165) is 5.75 Å². The molecule has 1 nitrogen and oxygen atoms in total. The van der Waals surface area contributed by atoms with Crippen molar-refractivity contribution in [2.24, 2.45) is 0 Å². The van der Waals surface area contributed by atoms with Crippen LogP contribution in [0.15, 0.2) is 48.5 Å². The molecule has 0 unspecified atom stereocenters. The van der Waals surface area contributed by atoms with E-state index < -0.39 is 0 Å². The third-order valence-electron chi connectivity index (χ3n) is 3.18. The highest BCUT2D eigenvalue weighted by Crippen LogP contribution is 2.13. The maximum atomic E-state index is 5.86. The smallest absolute Gasteiger partial charge is 0.169 e. The lowest BCUT2D eigenvalue weighted by molar-refractivity contribution is 0.305. The van der Waals surface area contributed by atoms with Crippen molar-refractivity contribution in [2.45, 2.75) is 27.2 Å². The van der Waals surface area contributed by atoms with Gasteiger partial charge in [-0.2, -0.15) is 0 Å². The molecule has 18 heavy (non-hydrogen) atoms. The number of ether oxygens (including phenoxy) is 1. The first-order chi connectivity index (χ1) is 8.66. The monoisotopic (exact) mass is 238 g/mol. The first kappa shape index (κ1) is 12.8. The predicted molar refractivity (Wildman–Crippen MR) is 79.1 cm³/mol. The van der Waals surface area contributed by atoms with Gasteiger partial charge in [-0.1, -0.05) is 55.5 Å². The summed E-state index contributed by atoms with van der Waals surface area (Å²) in [4.78, 5) is 0. The van der Waals surface area contributed by atoms with Gasteiger partial charge in [-0.25, -0.2) is 0 Å². The first-order valence-corrected chi connectivity index (χ1v) is 6.44. The summed E-state index contributed by atoms with van der Waals surface area (Å²) in [6, 6.07) is 16.7. The summed E-state index contributed by atoms with van der Waals surface area (Å²) in [6.45, 7) is 7.67. The van der Waals surface area contributed by atoms with Crippen LogP contribution in [0.5, 0.6) is 5.75 Å². The molecule has 0 saturated heterocycles. The quantitative estimate of drug-likeness (QED) is 0.740. The summed E-state index contributed by atoms with van der Waals surface area (Å²) in [7, 11) is 0. The Labute approximate surface area is 110 Å². The molecule has 0 heterocycles. The van der Waals surface area contributed by atoms with Crippen molar-refractivity contribution in [1.82, 2.24) is 0 Å². The van der Waals surface area contributed by atoms with E-state index in [1.54, 1.807) is 0 Å². The van der Waals surface area contributed by atoms with E-state index in [9.17, 15) is 0 Å². The molecule has 0 bridgehead atoms. The molecule has 92 valence electrons. The van der Waals surface area contributed by atoms with Gasteiger partial charge >= 0.3 is 0 Å². The number of aryl methyl sites for hydroxylation is 1. The largest absolute Gasteiger partial charge is 0.489 e. The second kappa shape index (κ2) is 5.77. The van der Waals surface area contributed by atoms with Gasteiger partial charge in [0.15, 0.2) is 6.71 Å². The second-order valence-electron chi connectivity index (χ2n) is 4.94. The van der Waals surface area contributed by atoms with Gasteiger partial charge in [-0.3, -0.25) is 0 Å². The molecule has 0 fully saturated rings. The Morgan fingerprint density at radius 1 is 1.00 bits per heavy atom.